The molecular weight excluding hydrogens is 212 g/mol. The summed E-state index contributed by atoms with van der Waals surface area (Å²) in [6.45, 7) is 0. The first-order valence-corrected chi connectivity index (χ1v) is 5.72. The number of hydrogen-bond donors (Lipinski definition) is 2. The average Bonchev–Trinajstić information content (AvgIpc) is 2.40. The molecular formula is C15H16O2. The highest BCUT2D eigenvalue weighted by atomic mass is 16.3. The van der Waals surface area contributed by atoms with Crippen LogP contribution in [0, 0.1) is 0 Å². The third-order valence-electron chi connectivity index (χ3n) is 2.79. The zero-order valence-electron chi connectivity index (χ0n) is 9.53. The highest BCUT2D eigenvalue weighted by Gasteiger charge is 2.18. The molecule has 17 heavy (non-hydrogen) atoms. The van der Waals surface area contributed by atoms with Gasteiger partial charge in [-0.3, -0.25) is 0 Å². The van der Waals surface area contributed by atoms with E-state index >= 15 is 0 Å². The molecule has 0 radical (unpaired) electrons. The molecule has 2 aromatic carbocycles. The van der Waals surface area contributed by atoms with E-state index < -0.39 is 12.2 Å². The van der Waals surface area contributed by atoms with Gasteiger partial charge in [-0.25, -0.2) is 0 Å². The summed E-state index contributed by atoms with van der Waals surface area (Å²) in [5.41, 5.74) is 1.77. The summed E-state index contributed by atoms with van der Waals surface area (Å²) in [4.78, 5) is 0. The second kappa shape index (κ2) is 5.62. The topological polar surface area (TPSA) is 40.5 Å². The molecule has 2 atom stereocenters. The van der Waals surface area contributed by atoms with Crippen molar-refractivity contribution in [3.63, 3.8) is 0 Å². The second-order valence-corrected chi connectivity index (χ2v) is 4.11. The molecule has 2 heteroatoms. The number of benzene rings is 2. The molecule has 0 bridgehead atoms. The van der Waals surface area contributed by atoms with Crippen molar-refractivity contribution in [2.24, 2.45) is 0 Å². The van der Waals surface area contributed by atoms with Crippen LogP contribution in [0.5, 0.6) is 0 Å². The van der Waals surface area contributed by atoms with Gasteiger partial charge < -0.3 is 10.2 Å². The van der Waals surface area contributed by atoms with Crippen LogP contribution in [0.3, 0.4) is 0 Å². The van der Waals surface area contributed by atoms with Gasteiger partial charge in [0.05, 0.1) is 6.10 Å². The van der Waals surface area contributed by atoms with Gasteiger partial charge in [-0.05, 0) is 11.1 Å². The molecule has 0 saturated heterocycles. The number of aliphatic hydroxyl groups is 2. The first kappa shape index (κ1) is 11.8. The summed E-state index contributed by atoms with van der Waals surface area (Å²) in [5.74, 6) is 0. The van der Waals surface area contributed by atoms with Crippen molar-refractivity contribution in [2.75, 3.05) is 0 Å². The Kier molecular flexibility index (Phi) is 3.91. The third kappa shape index (κ3) is 3.16. The van der Waals surface area contributed by atoms with E-state index in [1.807, 2.05) is 60.7 Å². The van der Waals surface area contributed by atoms with Crippen LogP contribution in [0.1, 0.15) is 17.2 Å². The predicted molar refractivity (Wildman–Crippen MR) is 67.6 cm³/mol. The van der Waals surface area contributed by atoms with Crippen LogP contribution < -0.4 is 0 Å². The summed E-state index contributed by atoms with van der Waals surface area (Å²) in [7, 11) is 0. The monoisotopic (exact) mass is 228 g/mol. The number of aliphatic hydroxyl groups excluding tert-OH is 2. The van der Waals surface area contributed by atoms with E-state index in [-0.39, 0.29) is 0 Å². The van der Waals surface area contributed by atoms with E-state index in [1.54, 1.807) is 0 Å². The largest absolute Gasteiger partial charge is 0.390 e. The lowest BCUT2D eigenvalue weighted by Crippen LogP contribution is -2.20. The van der Waals surface area contributed by atoms with E-state index in [2.05, 4.69) is 0 Å². The fourth-order valence-electron chi connectivity index (χ4n) is 1.84. The number of hydrogen-bond acceptors (Lipinski definition) is 2. The molecule has 0 aliphatic carbocycles. The lowest BCUT2D eigenvalue weighted by Gasteiger charge is -2.18. The SMILES string of the molecule is O[C@H](c1ccccc1)[C@@H](O)Cc1ccccc1. The minimum absolute atomic E-state index is 0.455. The van der Waals surface area contributed by atoms with Gasteiger partial charge in [-0.15, -0.1) is 0 Å². The van der Waals surface area contributed by atoms with Gasteiger partial charge in [0.2, 0.25) is 0 Å². The molecule has 0 unspecified atom stereocenters. The highest BCUT2D eigenvalue weighted by molar-refractivity contribution is 5.20. The van der Waals surface area contributed by atoms with Crippen LogP contribution in [0.15, 0.2) is 60.7 Å². The molecule has 0 spiro atoms. The minimum Gasteiger partial charge on any atom is -0.390 e. The summed E-state index contributed by atoms with van der Waals surface area (Å²) >= 11 is 0. The fourth-order valence-corrected chi connectivity index (χ4v) is 1.84. The smallest absolute Gasteiger partial charge is 0.105 e. The molecule has 2 aromatic rings. The molecule has 0 fully saturated rings. The van der Waals surface area contributed by atoms with Gasteiger partial charge in [0.25, 0.3) is 0 Å². The summed E-state index contributed by atoms with van der Waals surface area (Å²) in [6.07, 6.45) is -1.16. The lowest BCUT2D eigenvalue weighted by molar-refractivity contribution is 0.0190. The molecule has 0 aromatic heterocycles. The maximum absolute atomic E-state index is 10.0. The Morgan fingerprint density at radius 1 is 0.765 bits per heavy atom. The van der Waals surface area contributed by atoms with Crippen LogP contribution in [-0.4, -0.2) is 16.3 Å². The molecule has 2 rings (SSSR count). The van der Waals surface area contributed by atoms with Crippen molar-refractivity contribution >= 4 is 0 Å². The Morgan fingerprint density at radius 3 is 1.88 bits per heavy atom. The highest BCUT2D eigenvalue weighted by Crippen LogP contribution is 2.19. The lowest BCUT2D eigenvalue weighted by atomic mass is 9.99. The maximum Gasteiger partial charge on any atom is 0.105 e. The molecule has 0 heterocycles. The van der Waals surface area contributed by atoms with E-state index in [9.17, 15) is 10.2 Å². The molecule has 0 saturated carbocycles. The first-order valence-electron chi connectivity index (χ1n) is 5.72. The van der Waals surface area contributed by atoms with Gasteiger partial charge >= 0.3 is 0 Å². The molecule has 0 amide bonds. The van der Waals surface area contributed by atoms with Crippen molar-refractivity contribution in [1.82, 2.24) is 0 Å². The van der Waals surface area contributed by atoms with Crippen molar-refractivity contribution in [2.45, 2.75) is 18.6 Å². The molecule has 2 nitrogen and oxygen atoms in total. The van der Waals surface area contributed by atoms with Crippen molar-refractivity contribution in [3.8, 4) is 0 Å². The Balaban J connectivity index is 2.03. The van der Waals surface area contributed by atoms with Crippen LogP contribution in [0.2, 0.25) is 0 Å². The first-order chi connectivity index (χ1) is 8.27. The van der Waals surface area contributed by atoms with Crippen LogP contribution >= 0.6 is 0 Å². The Morgan fingerprint density at radius 2 is 1.29 bits per heavy atom. The standard InChI is InChI=1S/C15H16O2/c16-14(11-12-7-3-1-4-8-12)15(17)13-9-5-2-6-10-13/h1-10,14-17H,11H2/t14-,15+/m0/s1. The molecule has 2 N–H and O–H groups in total. The molecule has 0 aliphatic heterocycles. The second-order valence-electron chi connectivity index (χ2n) is 4.11. The summed E-state index contributed by atoms with van der Waals surface area (Å²) < 4.78 is 0. The predicted octanol–water partition coefficient (Wildman–Crippen LogP) is 2.32. The zero-order chi connectivity index (χ0) is 12.1. The summed E-state index contributed by atoms with van der Waals surface area (Å²) in [6, 6.07) is 18.9. The number of rotatable bonds is 4. The minimum atomic E-state index is -0.837. The van der Waals surface area contributed by atoms with Crippen LogP contribution in [-0.2, 0) is 6.42 Å². The Hall–Kier alpha value is -1.64. The van der Waals surface area contributed by atoms with Crippen LogP contribution in [0.4, 0.5) is 0 Å². The third-order valence-corrected chi connectivity index (χ3v) is 2.79. The normalized spacial score (nSPS) is 14.2. The average molecular weight is 228 g/mol. The quantitative estimate of drug-likeness (QED) is 0.843. The van der Waals surface area contributed by atoms with E-state index in [1.165, 1.54) is 0 Å². The molecule has 88 valence electrons. The Bertz CT molecular complexity index is 439. The maximum atomic E-state index is 10.0. The van der Waals surface area contributed by atoms with Crippen molar-refractivity contribution in [1.29, 1.82) is 0 Å². The summed E-state index contributed by atoms with van der Waals surface area (Å²) in [5, 5.41) is 20.0. The van der Waals surface area contributed by atoms with Gasteiger partial charge in [0.15, 0.2) is 0 Å². The fraction of sp³-hybridized carbons (Fsp3) is 0.200. The van der Waals surface area contributed by atoms with Gasteiger partial charge in [0, 0.05) is 6.42 Å². The van der Waals surface area contributed by atoms with Gasteiger partial charge in [-0.1, -0.05) is 60.7 Å². The van der Waals surface area contributed by atoms with Crippen molar-refractivity contribution in [3.05, 3.63) is 71.8 Å². The van der Waals surface area contributed by atoms with Gasteiger partial charge in [0.1, 0.15) is 6.10 Å². The van der Waals surface area contributed by atoms with Gasteiger partial charge in [-0.2, -0.15) is 0 Å². The van der Waals surface area contributed by atoms with Crippen molar-refractivity contribution < 1.29 is 10.2 Å². The molecule has 0 aliphatic rings. The zero-order valence-corrected chi connectivity index (χ0v) is 9.53. The van der Waals surface area contributed by atoms with E-state index in [4.69, 9.17) is 0 Å². The Labute approximate surface area is 101 Å². The van der Waals surface area contributed by atoms with Crippen LogP contribution in [0.25, 0.3) is 0 Å². The van der Waals surface area contributed by atoms with E-state index in [0.717, 1.165) is 11.1 Å². The van der Waals surface area contributed by atoms with E-state index in [0.29, 0.717) is 6.42 Å².